The molecule has 1 saturated heterocycles. The fourth-order valence-electron chi connectivity index (χ4n) is 4.16. The second kappa shape index (κ2) is 8.51. The van der Waals surface area contributed by atoms with Gasteiger partial charge in [0.2, 0.25) is 5.91 Å². The number of anilines is 1. The van der Waals surface area contributed by atoms with Crippen molar-refractivity contribution in [2.45, 2.75) is 56.9 Å². The second-order valence-corrected chi connectivity index (χ2v) is 9.58. The molecular formula is C22H29N3O4S. The highest BCUT2D eigenvalue weighted by Crippen LogP contribution is 2.42. The Balaban J connectivity index is 1.70. The number of ether oxygens (including phenoxy) is 2. The summed E-state index contributed by atoms with van der Waals surface area (Å²) in [5, 5.41) is 5.76. The largest absolute Gasteiger partial charge is 0.494 e. The Kier molecular flexibility index (Phi) is 5.97. The van der Waals surface area contributed by atoms with Crippen LogP contribution in [0.3, 0.4) is 0 Å². The van der Waals surface area contributed by atoms with Gasteiger partial charge < -0.3 is 14.8 Å². The van der Waals surface area contributed by atoms with E-state index in [4.69, 9.17) is 9.47 Å². The van der Waals surface area contributed by atoms with Gasteiger partial charge in [-0.25, -0.2) is 0 Å². The van der Waals surface area contributed by atoms with E-state index in [1.165, 1.54) is 11.8 Å². The van der Waals surface area contributed by atoms with Crippen LogP contribution in [0, 0.1) is 0 Å². The first-order chi connectivity index (χ1) is 14.4. The summed E-state index contributed by atoms with van der Waals surface area (Å²) < 4.78 is 13.4. The fourth-order valence-corrected chi connectivity index (χ4v) is 5.28. The summed E-state index contributed by atoms with van der Waals surface area (Å²) in [4.78, 5) is 25.5. The van der Waals surface area contributed by atoms with Crippen LogP contribution < -0.4 is 15.6 Å². The fraction of sp³-hybridized carbons (Fsp3) is 0.545. The van der Waals surface area contributed by atoms with Crippen molar-refractivity contribution in [1.82, 2.24) is 9.78 Å². The molecule has 2 N–H and O–H groups in total. The minimum Gasteiger partial charge on any atom is -0.494 e. The van der Waals surface area contributed by atoms with Crippen molar-refractivity contribution in [3.05, 3.63) is 45.7 Å². The molecule has 2 aliphatic heterocycles. The average Bonchev–Trinajstić information content (AvgIpc) is 2.91. The molecule has 2 aliphatic rings. The van der Waals surface area contributed by atoms with Crippen LogP contribution in [0.15, 0.2) is 29.1 Å². The highest BCUT2D eigenvalue weighted by atomic mass is 32.2. The van der Waals surface area contributed by atoms with Gasteiger partial charge in [0.05, 0.1) is 34.8 Å². The van der Waals surface area contributed by atoms with Crippen LogP contribution in [-0.4, -0.2) is 40.3 Å². The molecule has 1 aromatic carbocycles. The Morgan fingerprint density at radius 2 is 2.03 bits per heavy atom. The Labute approximate surface area is 180 Å². The van der Waals surface area contributed by atoms with Crippen LogP contribution in [0.4, 0.5) is 5.82 Å². The predicted octanol–water partition coefficient (Wildman–Crippen LogP) is 3.87. The summed E-state index contributed by atoms with van der Waals surface area (Å²) in [5.74, 6) is 1.61. The number of thioether (sulfide) groups is 1. The van der Waals surface area contributed by atoms with Gasteiger partial charge in [0.15, 0.2) is 0 Å². The third-order valence-electron chi connectivity index (χ3n) is 5.56. The van der Waals surface area contributed by atoms with Gasteiger partial charge in [-0.05, 0) is 50.8 Å². The molecular weight excluding hydrogens is 402 g/mol. The number of H-pyrrole nitrogens is 1. The molecule has 0 spiro atoms. The van der Waals surface area contributed by atoms with E-state index in [1.807, 2.05) is 28.9 Å². The van der Waals surface area contributed by atoms with Crippen molar-refractivity contribution in [3.63, 3.8) is 0 Å². The number of aromatic nitrogens is 2. The lowest BCUT2D eigenvalue weighted by Gasteiger charge is -2.36. The monoisotopic (exact) mass is 431 g/mol. The maximum Gasteiger partial charge on any atom is 0.270 e. The summed E-state index contributed by atoms with van der Waals surface area (Å²) in [6.45, 7) is 7.47. The first kappa shape index (κ1) is 21.1. The number of rotatable bonds is 5. The summed E-state index contributed by atoms with van der Waals surface area (Å²) in [6, 6.07) is 7.89. The standard InChI is InChI=1S/C22H29N3O4S/c1-4-10-28-16-7-5-14(6-8-16)19-18-20(23-17(26)13-30-19)25(24-21(18)27)15-9-11-29-22(2,3)12-15/h5-8,15,19H,4,9-13H2,1-3H3,(H,23,26)(H,24,27)/t15-,19-/m1/s1. The maximum absolute atomic E-state index is 13.0. The molecule has 2 atom stereocenters. The van der Waals surface area contributed by atoms with Gasteiger partial charge in [0.1, 0.15) is 11.6 Å². The lowest BCUT2D eigenvalue weighted by molar-refractivity contribution is -0.113. The number of aromatic amines is 1. The molecule has 4 rings (SSSR count). The maximum atomic E-state index is 13.0. The second-order valence-electron chi connectivity index (χ2n) is 8.48. The topological polar surface area (TPSA) is 85.4 Å². The zero-order valence-corrected chi connectivity index (χ0v) is 18.5. The first-order valence-corrected chi connectivity index (χ1v) is 11.6. The third-order valence-corrected chi connectivity index (χ3v) is 6.83. The number of amides is 1. The van der Waals surface area contributed by atoms with Gasteiger partial charge in [-0.3, -0.25) is 19.4 Å². The number of nitrogens with zero attached hydrogens (tertiary/aromatic N) is 1. The van der Waals surface area contributed by atoms with Crippen LogP contribution in [0.25, 0.3) is 0 Å². The van der Waals surface area contributed by atoms with E-state index in [0.29, 0.717) is 30.3 Å². The lowest BCUT2D eigenvalue weighted by atomic mass is 9.94. The molecule has 30 heavy (non-hydrogen) atoms. The summed E-state index contributed by atoms with van der Waals surface area (Å²) in [5.41, 5.74) is 1.17. The van der Waals surface area contributed by atoms with Crippen molar-refractivity contribution in [1.29, 1.82) is 0 Å². The summed E-state index contributed by atoms with van der Waals surface area (Å²) in [7, 11) is 0. The summed E-state index contributed by atoms with van der Waals surface area (Å²) in [6.07, 6.45) is 2.50. The van der Waals surface area contributed by atoms with Crippen LogP contribution in [0.2, 0.25) is 0 Å². The van der Waals surface area contributed by atoms with Crippen LogP contribution in [0.1, 0.15) is 62.5 Å². The van der Waals surface area contributed by atoms with Crippen molar-refractivity contribution >= 4 is 23.5 Å². The molecule has 1 amide bonds. The number of hydrogen-bond acceptors (Lipinski definition) is 5. The molecule has 2 aromatic rings. The van der Waals surface area contributed by atoms with Gasteiger partial charge in [-0.1, -0.05) is 19.1 Å². The van der Waals surface area contributed by atoms with E-state index in [9.17, 15) is 9.59 Å². The van der Waals surface area contributed by atoms with Gasteiger partial charge in [0, 0.05) is 6.61 Å². The zero-order valence-electron chi connectivity index (χ0n) is 17.7. The van der Waals surface area contributed by atoms with Crippen LogP contribution in [0.5, 0.6) is 5.75 Å². The molecule has 162 valence electrons. The van der Waals surface area contributed by atoms with Gasteiger partial charge in [-0.15, -0.1) is 11.8 Å². The predicted molar refractivity (Wildman–Crippen MR) is 119 cm³/mol. The average molecular weight is 432 g/mol. The van der Waals surface area contributed by atoms with Gasteiger partial charge >= 0.3 is 0 Å². The van der Waals surface area contributed by atoms with Crippen LogP contribution in [-0.2, 0) is 9.53 Å². The molecule has 0 bridgehead atoms. The number of hydrogen-bond donors (Lipinski definition) is 2. The molecule has 0 saturated carbocycles. The number of nitrogens with one attached hydrogen (secondary N) is 2. The van der Waals surface area contributed by atoms with Crippen molar-refractivity contribution in [2.24, 2.45) is 0 Å². The normalized spacial score (nSPS) is 23.4. The molecule has 0 radical (unpaired) electrons. The molecule has 3 heterocycles. The van der Waals surface area contributed by atoms with E-state index in [2.05, 4.69) is 31.2 Å². The quantitative estimate of drug-likeness (QED) is 0.751. The lowest BCUT2D eigenvalue weighted by Crippen LogP contribution is -2.36. The molecule has 7 nitrogen and oxygen atoms in total. The molecule has 0 aliphatic carbocycles. The highest BCUT2D eigenvalue weighted by Gasteiger charge is 2.35. The molecule has 1 aromatic heterocycles. The SMILES string of the molecule is CCCOc1ccc([C@H]2SCC(=O)Nc3c2c(=O)[nH]n3[C@@H]2CCOC(C)(C)C2)cc1. The van der Waals surface area contributed by atoms with E-state index >= 15 is 0 Å². The van der Waals surface area contributed by atoms with Gasteiger partial charge in [0.25, 0.3) is 5.56 Å². The first-order valence-electron chi connectivity index (χ1n) is 10.5. The Bertz CT molecular complexity index is 964. The Hall–Kier alpha value is -2.19. The third kappa shape index (κ3) is 4.30. The zero-order chi connectivity index (χ0) is 21.3. The summed E-state index contributed by atoms with van der Waals surface area (Å²) >= 11 is 1.47. The number of carbonyl (C=O) groups is 1. The van der Waals surface area contributed by atoms with Crippen molar-refractivity contribution < 1.29 is 14.3 Å². The Morgan fingerprint density at radius 3 is 2.73 bits per heavy atom. The highest BCUT2D eigenvalue weighted by molar-refractivity contribution is 8.00. The van der Waals surface area contributed by atoms with Crippen molar-refractivity contribution in [2.75, 3.05) is 24.3 Å². The molecule has 1 fully saturated rings. The number of benzene rings is 1. The minimum atomic E-state index is -0.270. The minimum absolute atomic E-state index is 0.0686. The Morgan fingerprint density at radius 1 is 1.27 bits per heavy atom. The smallest absolute Gasteiger partial charge is 0.270 e. The molecule has 8 heteroatoms. The van der Waals surface area contributed by atoms with Crippen molar-refractivity contribution in [3.8, 4) is 5.75 Å². The number of carbonyl (C=O) groups excluding carboxylic acids is 1. The van der Waals surface area contributed by atoms with E-state index < -0.39 is 0 Å². The van der Waals surface area contributed by atoms with Crippen LogP contribution >= 0.6 is 11.8 Å². The number of fused-ring (bicyclic) bond motifs is 1. The van der Waals surface area contributed by atoms with E-state index in [-0.39, 0.29) is 28.4 Å². The van der Waals surface area contributed by atoms with E-state index in [1.54, 1.807) is 0 Å². The molecule has 0 unspecified atom stereocenters. The van der Waals surface area contributed by atoms with Gasteiger partial charge in [-0.2, -0.15) is 0 Å². The van der Waals surface area contributed by atoms with E-state index in [0.717, 1.165) is 30.6 Å².